The minimum Gasteiger partial charge on any atom is -0.468 e. The van der Waals surface area contributed by atoms with Crippen LogP contribution in [-0.2, 0) is 0 Å². The van der Waals surface area contributed by atoms with E-state index in [-0.39, 0.29) is 11.9 Å². The van der Waals surface area contributed by atoms with Crippen LogP contribution in [0, 0.1) is 5.92 Å². The quantitative estimate of drug-likeness (QED) is 0.919. The highest BCUT2D eigenvalue weighted by Gasteiger charge is 2.26. The topological polar surface area (TPSA) is 45.5 Å². The first-order chi connectivity index (χ1) is 11.2. The van der Waals surface area contributed by atoms with E-state index in [0.29, 0.717) is 12.1 Å². The average molecular weight is 312 g/mol. The zero-order chi connectivity index (χ0) is 16.1. The number of amides is 1. The number of rotatable bonds is 5. The number of nitrogens with zero attached hydrogens (tertiary/aromatic N) is 1. The third kappa shape index (κ3) is 4.02. The van der Waals surface area contributed by atoms with Crippen LogP contribution in [0.2, 0.25) is 0 Å². The lowest BCUT2D eigenvalue weighted by atomic mass is 9.97. The van der Waals surface area contributed by atoms with Gasteiger partial charge in [-0.25, -0.2) is 0 Å². The van der Waals surface area contributed by atoms with E-state index in [0.717, 1.165) is 24.8 Å². The maximum atomic E-state index is 12.3. The van der Waals surface area contributed by atoms with Gasteiger partial charge in [0.25, 0.3) is 5.91 Å². The SMILES string of the molecule is CC1CCN([C@H](CNC(=O)c2ccccc2)c2ccco2)CC1. The predicted octanol–water partition coefficient (Wildman–Crippen LogP) is 3.48. The summed E-state index contributed by atoms with van der Waals surface area (Å²) in [6.07, 6.45) is 4.10. The Balaban J connectivity index is 1.66. The molecule has 1 amide bonds. The maximum absolute atomic E-state index is 12.3. The summed E-state index contributed by atoms with van der Waals surface area (Å²) < 4.78 is 5.62. The number of hydrogen-bond acceptors (Lipinski definition) is 3. The standard InChI is InChI=1S/C19H24N2O2/c1-15-9-11-21(12-10-15)17(18-8-5-13-23-18)14-20-19(22)16-6-3-2-4-7-16/h2-8,13,15,17H,9-12,14H2,1H3,(H,20,22)/t17-/m1/s1. The molecule has 1 saturated heterocycles. The van der Waals surface area contributed by atoms with E-state index in [1.54, 1.807) is 6.26 Å². The van der Waals surface area contributed by atoms with Gasteiger partial charge < -0.3 is 9.73 Å². The van der Waals surface area contributed by atoms with E-state index in [9.17, 15) is 4.79 Å². The zero-order valence-corrected chi connectivity index (χ0v) is 13.6. The van der Waals surface area contributed by atoms with Crippen LogP contribution in [-0.4, -0.2) is 30.4 Å². The highest BCUT2D eigenvalue weighted by Crippen LogP contribution is 2.26. The Morgan fingerprint density at radius 3 is 2.61 bits per heavy atom. The molecule has 3 rings (SSSR count). The van der Waals surface area contributed by atoms with E-state index in [1.165, 1.54) is 12.8 Å². The van der Waals surface area contributed by atoms with Crippen molar-refractivity contribution in [3.63, 3.8) is 0 Å². The summed E-state index contributed by atoms with van der Waals surface area (Å²) in [5.41, 5.74) is 0.693. The molecule has 0 saturated carbocycles. The molecule has 4 nitrogen and oxygen atoms in total. The van der Waals surface area contributed by atoms with Crippen LogP contribution in [0.1, 0.15) is 41.9 Å². The normalized spacial score (nSPS) is 17.8. The molecule has 122 valence electrons. The Kier molecular flexibility index (Phi) is 5.13. The van der Waals surface area contributed by atoms with Crippen molar-refractivity contribution in [2.45, 2.75) is 25.8 Å². The van der Waals surface area contributed by atoms with E-state index in [4.69, 9.17) is 4.42 Å². The van der Waals surface area contributed by atoms with Gasteiger partial charge in [0.05, 0.1) is 12.3 Å². The summed E-state index contributed by atoms with van der Waals surface area (Å²) in [4.78, 5) is 14.7. The molecule has 1 aromatic heterocycles. The second kappa shape index (κ2) is 7.47. The minimum atomic E-state index is -0.0347. The molecule has 2 aromatic rings. The molecule has 2 heterocycles. The fraction of sp³-hybridized carbons (Fsp3) is 0.421. The summed E-state index contributed by atoms with van der Waals surface area (Å²) >= 11 is 0. The lowest BCUT2D eigenvalue weighted by Crippen LogP contribution is -2.41. The van der Waals surface area contributed by atoms with Gasteiger partial charge in [0.2, 0.25) is 0 Å². The van der Waals surface area contributed by atoms with Crippen molar-refractivity contribution < 1.29 is 9.21 Å². The van der Waals surface area contributed by atoms with Gasteiger partial charge in [-0.1, -0.05) is 25.1 Å². The van der Waals surface area contributed by atoms with E-state index in [1.807, 2.05) is 42.5 Å². The molecule has 0 aliphatic carbocycles. The number of piperidine rings is 1. The van der Waals surface area contributed by atoms with E-state index in [2.05, 4.69) is 17.1 Å². The third-order valence-corrected chi connectivity index (χ3v) is 4.62. The average Bonchev–Trinajstić information content (AvgIpc) is 3.11. The molecule has 1 fully saturated rings. The van der Waals surface area contributed by atoms with Gasteiger partial charge >= 0.3 is 0 Å². The van der Waals surface area contributed by atoms with Crippen LogP contribution < -0.4 is 5.32 Å². The first-order valence-corrected chi connectivity index (χ1v) is 8.34. The van der Waals surface area contributed by atoms with Crippen LogP contribution in [0.3, 0.4) is 0 Å². The summed E-state index contributed by atoms with van der Waals surface area (Å²) in [6, 6.07) is 13.4. The Hall–Kier alpha value is -2.07. The van der Waals surface area contributed by atoms with Crippen molar-refractivity contribution >= 4 is 5.91 Å². The second-order valence-corrected chi connectivity index (χ2v) is 6.33. The largest absolute Gasteiger partial charge is 0.468 e. The molecular formula is C19H24N2O2. The first kappa shape index (κ1) is 15.8. The Labute approximate surface area is 137 Å². The second-order valence-electron chi connectivity index (χ2n) is 6.33. The number of hydrogen-bond donors (Lipinski definition) is 1. The number of nitrogens with one attached hydrogen (secondary N) is 1. The Bertz CT molecular complexity index is 602. The van der Waals surface area contributed by atoms with Crippen LogP contribution in [0.15, 0.2) is 53.1 Å². The molecule has 1 aliphatic rings. The van der Waals surface area contributed by atoms with Crippen molar-refractivity contribution in [3.8, 4) is 0 Å². The highest BCUT2D eigenvalue weighted by atomic mass is 16.3. The van der Waals surface area contributed by atoms with Gasteiger partial charge in [0.1, 0.15) is 5.76 Å². The first-order valence-electron chi connectivity index (χ1n) is 8.34. The fourth-order valence-corrected chi connectivity index (χ4v) is 3.11. The maximum Gasteiger partial charge on any atom is 0.251 e. The number of benzene rings is 1. The summed E-state index contributed by atoms with van der Waals surface area (Å²) in [5, 5.41) is 3.06. The van der Waals surface area contributed by atoms with Gasteiger partial charge in [-0.05, 0) is 56.1 Å². The molecule has 0 spiro atoms. The molecule has 0 radical (unpaired) electrons. The number of likely N-dealkylation sites (tertiary alicyclic amines) is 1. The van der Waals surface area contributed by atoms with Crippen molar-refractivity contribution in [2.24, 2.45) is 5.92 Å². The lowest BCUT2D eigenvalue weighted by molar-refractivity contribution is 0.0895. The van der Waals surface area contributed by atoms with Gasteiger partial charge in [0.15, 0.2) is 0 Å². The minimum absolute atomic E-state index is 0.0347. The van der Waals surface area contributed by atoms with Gasteiger partial charge in [0, 0.05) is 12.1 Å². The molecular weight excluding hydrogens is 288 g/mol. The summed E-state index contributed by atoms with van der Waals surface area (Å²) in [6.45, 7) is 4.97. The van der Waals surface area contributed by atoms with Crippen LogP contribution in [0.5, 0.6) is 0 Å². The zero-order valence-electron chi connectivity index (χ0n) is 13.6. The monoisotopic (exact) mass is 312 g/mol. The van der Waals surface area contributed by atoms with E-state index >= 15 is 0 Å². The van der Waals surface area contributed by atoms with Gasteiger partial charge in [-0.2, -0.15) is 0 Å². The predicted molar refractivity (Wildman–Crippen MR) is 90.2 cm³/mol. The number of carbonyl (C=O) groups excluding carboxylic acids is 1. The Morgan fingerprint density at radius 2 is 1.96 bits per heavy atom. The van der Waals surface area contributed by atoms with Gasteiger partial charge in [-0.15, -0.1) is 0 Å². The smallest absolute Gasteiger partial charge is 0.251 e. The van der Waals surface area contributed by atoms with E-state index < -0.39 is 0 Å². The molecule has 23 heavy (non-hydrogen) atoms. The van der Waals surface area contributed by atoms with Crippen molar-refractivity contribution in [2.75, 3.05) is 19.6 Å². The van der Waals surface area contributed by atoms with Crippen LogP contribution in [0.4, 0.5) is 0 Å². The lowest BCUT2D eigenvalue weighted by Gasteiger charge is -2.35. The molecule has 0 bridgehead atoms. The Morgan fingerprint density at radius 1 is 1.22 bits per heavy atom. The molecule has 1 atom stereocenters. The molecule has 0 unspecified atom stereocenters. The van der Waals surface area contributed by atoms with Crippen molar-refractivity contribution in [1.29, 1.82) is 0 Å². The molecule has 1 aromatic carbocycles. The third-order valence-electron chi connectivity index (χ3n) is 4.62. The molecule has 1 aliphatic heterocycles. The number of furan rings is 1. The number of carbonyl (C=O) groups is 1. The van der Waals surface area contributed by atoms with Gasteiger partial charge in [-0.3, -0.25) is 9.69 Å². The molecule has 4 heteroatoms. The molecule has 1 N–H and O–H groups in total. The van der Waals surface area contributed by atoms with Crippen molar-refractivity contribution in [3.05, 3.63) is 60.1 Å². The van der Waals surface area contributed by atoms with Crippen LogP contribution in [0.25, 0.3) is 0 Å². The summed E-state index contributed by atoms with van der Waals surface area (Å²) in [5.74, 6) is 1.67. The highest BCUT2D eigenvalue weighted by molar-refractivity contribution is 5.94. The summed E-state index contributed by atoms with van der Waals surface area (Å²) in [7, 11) is 0. The van der Waals surface area contributed by atoms with Crippen LogP contribution >= 0.6 is 0 Å². The van der Waals surface area contributed by atoms with Crippen molar-refractivity contribution in [1.82, 2.24) is 10.2 Å². The fourth-order valence-electron chi connectivity index (χ4n) is 3.11.